The topological polar surface area (TPSA) is 102 Å². The number of carbonyl (C=O) groups excluding carboxylic acids is 1. The molecule has 1 N–H and O–H groups in total. The standard InChI is InChI=1S/C11H15ClN2O5S2/c1-20(16,17)5-4-13-11(15)10-6-9(21(12,18)19)7-14(10)8-2-3-8/h6-8H,2-5H2,1H3,(H,13,15). The van der Waals surface area contributed by atoms with Crippen LogP contribution in [0.5, 0.6) is 0 Å². The Kier molecular flexibility index (Phi) is 4.36. The van der Waals surface area contributed by atoms with Gasteiger partial charge in [-0.25, -0.2) is 16.8 Å². The van der Waals surface area contributed by atoms with E-state index in [1.165, 1.54) is 12.3 Å². The number of carbonyl (C=O) groups is 1. The lowest BCUT2D eigenvalue weighted by molar-refractivity contribution is 0.0946. The molecular formula is C11H15ClN2O5S2. The van der Waals surface area contributed by atoms with E-state index in [-0.39, 0.29) is 28.9 Å². The number of nitrogens with zero attached hydrogens (tertiary/aromatic N) is 1. The fourth-order valence-electron chi connectivity index (χ4n) is 1.86. The molecule has 1 fully saturated rings. The molecule has 10 heteroatoms. The Balaban J connectivity index is 2.18. The van der Waals surface area contributed by atoms with Gasteiger partial charge in [-0.15, -0.1) is 0 Å². The van der Waals surface area contributed by atoms with E-state index in [1.807, 2.05) is 0 Å². The molecule has 1 saturated carbocycles. The molecule has 0 aromatic carbocycles. The van der Waals surface area contributed by atoms with E-state index in [9.17, 15) is 21.6 Å². The van der Waals surface area contributed by atoms with Crippen molar-refractivity contribution in [3.05, 3.63) is 18.0 Å². The molecule has 0 saturated heterocycles. The molecule has 2 rings (SSSR count). The number of hydrogen-bond acceptors (Lipinski definition) is 5. The second-order valence-corrected chi connectivity index (χ2v) is 9.85. The van der Waals surface area contributed by atoms with Crippen LogP contribution >= 0.6 is 10.7 Å². The van der Waals surface area contributed by atoms with Crippen LogP contribution in [-0.4, -0.2) is 45.9 Å². The smallest absolute Gasteiger partial charge is 0.267 e. The molecule has 1 amide bonds. The zero-order chi connectivity index (χ0) is 15.8. The molecule has 1 aliphatic rings. The van der Waals surface area contributed by atoms with Gasteiger partial charge in [0.1, 0.15) is 20.4 Å². The second kappa shape index (κ2) is 5.62. The average Bonchev–Trinajstić information content (AvgIpc) is 3.04. The molecule has 1 heterocycles. The van der Waals surface area contributed by atoms with Gasteiger partial charge in [0.2, 0.25) is 0 Å². The zero-order valence-electron chi connectivity index (χ0n) is 11.2. The number of halogens is 1. The van der Waals surface area contributed by atoms with Gasteiger partial charge < -0.3 is 9.88 Å². The SMILES string of the molecule is CS(=O)(=O)CCNC(=O)c1cc(S(=O)(=O)Cl)cn1C1CC1. The van der Waals surface area contributed by atoms with Gasteiger partial charge in [-0.05, 0) is 18.9 Å². The molecule has 1 aliphatic carbocycles. The lowest BCUT2D eigenvalue weighted by atomic mass is 10.4. The summed E-state index contributed by atoms with van der Waals surface area (Å²) < 4.78 is 46.3. The van der Waals surface area contributed by atoms with E-state index in [1.54, 1.807) is 4.57 Å². The van der Waals surface area contributed by atoms with Crippen molar-refractivity contribution in [2.75, 3.05) is 18.6 Å². The maximum absolute atomic E-state index is 12.1. The van der Waals surface area contributed by atoms with Crippen LogP contribution in [-0.2, 0) is 18.9 Å². The van der Waals surface area contributed by atoms with Crippen LogP contribution in [0.4, 0.5) is 0 Å². The van der Waals surface area contributed by atoms with Gasteiger partial charge in [0.05, 0.1) is 5.75 Å². The van der Waals surface area contributed by atoms with Crippen LogP contribution in [0.25, 0.3) is 0 Å². The van der Waals surface area contributed by atoms with Crippen LogP contribution in [0.15, 0.2) is 17.2 Å². The minimum atomic E-state index is -3.91. The third-order valence-electron chi connectivity index (χ3n) is 3.04. The Morgan fingerprint density at radius 1 is 1.38 bits per heavy atom. The summed E-state index contributed by atoms with van der Waals surface area (Å²) in [6, 6.07) is 1.30. The van der Waals surface area contributed by atoms with Gasteiger partial charge >= 0.3 is 0 Å². The Bertz CT molecular complexity index is 763. The molecule has 0 unspecified atom stereocenters. The first kappa shape index (κ1) is 16.3. The van der Waals surface area contributed by atoms with Crippen molar-refractivity contribution in [2.24, 2.45) is 0 Å². The normalized spacial score (nSPS) is 15.9. The summed E-state index contributed by atoms with van der Waals surface area (Å²) in [6.45, 7) is -0.0313. The Morgan fingerprint density at radius 2 is 2.00 bits per heavy atom. The molecule has 0 aliphatic heterocycles. The second-order valence-electron chi connectivity index (χ2n) is 5.02. The van der Waals surface area contributed by atoms with E-state index in [0.29, 0.717) is 0 Å². The summed E-state index contributed by atoms with van der Waals surface area (Å²) in [5.74, 6) is -0.694. The maximum Gasteiger partial charge on any atom is 0.267 e. The van der Waals surface area contributed by atoms with Crippen molar-refractivity contribution < 1.29 is 21.6 Å². The summed E-state index contributed by atoms with van der Waals surface area (Å²) >= 11 is 0. The van der Waals surface area contributed by atoms with Crippen LogP contribution < -0.4 is 5.32 Å². The highest BCUT2D eigenvalue weighted by atomic mass is 35.7. The number of amides is 1. The van der Waals surface area contributed by atoms with Crippen molar-refractivity contribution in [1.82, 2.24) is 9.88 Å². The fourth-order valence-corrected chi connectivity index (χ4v) is 3.08. The molecule has 0 spiro atoms. The minimum absolute atomic E-state index is 0.0313. The Labute approximate surface area is 127 Å². The first-order chi connectivity index (χ1) is 9.58. The zero-order valence-corrected chi connectivity index (χ0v) is 13.6. The molecule has 21 heavy (non-hydrogen) atoms. The van der Waals surface area contributed by atoms with Crippen molar-refractivity contribution in [2.45, 2.75) is 23.8 Å². The monoisotopic (exact) mass is 354 g/mol. The molecule has 1 aromatic rings. The summed E-state index contributed by atoms with van der Waals surface area (Å²) in [5, 5.41) is 2.47. The van der Waals surface area contributed by atoms with E-state index < -0.39 is 24.8 Å². The summed E-state index contributed by atoms with van der Waals surface area (Å²) in [7, 11) is -1.80. The van der Waals surface area contributed by atoms with Gasteiger partial charge in [0, 0.05) is 35.7 Å². The number of sulfone groups is 1. The fraction of sp³-hybridized carbons (Fsp3) is 0.545. The van der Waals surface area contributed by atoms with Gasteiger partial charge in [0.25, 0.3) is 15.0 Å². The van der Waals surface area contributed by atoms with E-state index >= 15 is 0 Å². The van der Waals surface area contributed by atoms with E-state index in [0.717, 1.165) is 19.1 Å². The van der Waals surface area contributed by atoms with E-state index in [4.69, 9.17) is 10.7 Å². The first-order valence-electron chi connectivity index (χ1n) is 6.20. The van der Waals surface area contributed by atoms with Crippen molar-refractivity contribution in [1.29, 1.82) is 0 Å². The largest absolute Gasteiger partial charge is 0.350 e. The third kappa shape index (κ3) is 4.45. The highest BCUT2D eigenvalue weighted by molar-refractivity contribution is 8.13. The van der Waals surface area contributed by atoms with Crippen LogP contribution in [0.2, 0.25) is 0 Å². The quantitative estimate of drug-likeness (QED) is 0.750. The van der Waals surface area contributed by atoms with Crippen LogP contribution in [0, 0.1) is 0 Å². The van der Waals surface area contributed by atoms with Crippen LogP contribution in [0.1, 0.15) is 29.4 Å². The highest BCUT2D eigenvalue weighted by Crippen LogP contribution is 2.37. The molecule has 7 nitrogen and oxygen atoms in total. The minimum Gasteiger partial charge on any atom is -0.350 e. The first-order valence-corrected chi connectivity index (χ1v) is 10.6. The van der Waals surface area contributed by atoms with Gasteiger partial charge in [-0.3, -0.25) is 4.79 Å². The van der Waals surface area contributed by atoms with Crippen molar-refractivity contribution in [3.8, 4) is 0 Å². The Hall–Kier alpha value is -1.06. The van der Waals surface area contributed by atoms with Gasteiger partial charge in [0.15, 0.2) is 0 Å². The van der Waals surface area contributed by atoms with Gasteiger partial charge in [-0.2, -0.15) is 0 Å². The third-order valence-corrected chi connectivity index (χ3v) is 5.30. The lowest BCUT2D eigenvalue weighted by Crippen LogP contribution is -2.30. The number of rotatable bonds is 6. The van der Waals surface area contributed by atoms with E-state index in [2.05, 4.69) is 5.32 Å². The molecule has 1 aromatic heterocycles. The molecular weight excluding hydrogens is 340 g/mol. The Morgan fingerprint density at radius 3 is 2.48 bits per heavy atom. The number of nitrogens with one attached hydrogen (secondary N) is 1. The van der Waals surface area contributed by atoms with Crippen LogP contribution in [0.3, 0.4) is 0 Å². The lowest BCUT2D eigenvalue weighted by Gasteiger charge is -2.08. The van der Waals surface area contributed by atoms with Gasteiger partial charge in [-0.1, -0.05) is 0 Å². The predicted molar refractivity (Wildman–Crippen MR) is 77.8 cm³/mol. The number of aromatic nitrogens is 1. The number of hydrogen-bond donors (Lipinski definition) is 1. The van der Waals surface area contributed by atoms with Crippen molar-refractivity contribution in [3.63, 3.8) is 0 Å². The highest BCUT2D eigenvalue weighted by Gasteiger charge is 2.30. The molecule has 0 bridgehead atoms. The molecule has 118 valence electrons. The predicted octanol–water partition coefficient (Wildman–Crippen LogP) is 0.525. The molecule has 0 radical (unpaired) electrons. The average molecular weight is 355 g/mol. The maximum atomic E-state index is 12.1. The summed E-state index contributed by atoms with van der Waals surface area (Å²) in [4.78, 5) is 11.9. The summed E-state index contributed by atoms with van der Waals surface area (Å²) in [5.41, 5.74) is 0.172. The molecule has 0 atom stereocenters. The van der Waals surface area contributed by atoms with Crippen molar-refractivity contribution >= 4 is 35.5 Å². The summed E-state index contributed by atoms with van der Waals surface area (Å²) in [6.07, 6.45) is 4.13.